The molecule has 0 aromatic heterocycles. The van der Waals surface area contributed by atoms with E-state index in [2.05, 4.69) is 0 Å². The Kier molecular flexibility index (Phi) is 6.28. The third-order valence-electron chi connectivity index (χ3n) is 5.42. The number of amides is 2. The minimum absolute atomic E-state index is 0.145. The van der Waals surface area contributed by atoms with Crippen molar-refractivity contribution in [3.63, 3.8) is 0 Å². The van der Waals surface area contributed by atoms with Crippen LogP contribution in [0.1, 0.15) is 54.0 Å². The van der Waals surface area contributed by atoms with Crippen LogP contribution in [0.3, 0.4) is 0 Å². The standard InChI is InChI=1S/C27H27NO6/c1-15(2)14-33-24-19-7-5-6-8-20(19)25(34-16(3)4)23-22(24)26(31)28(27(23)32)18-11-9-17(10-12-18)13-21(29)30/h5-12,15-16H,13-14H2,1-4H3,(H,29,30). The Bertz CT molecular complexity index is 1280. The van der Waals surface area contributed by atoms with E-state index in [0.29, 0.717) is 40.1 Å². The summed E-state index contributed by atoms with van der Waals surface area (Å²) < 4.78 is 12.2. The molecule has 0 radical (unpaired) electrons. The first-order valence-electron chi connectivity index (χ1n) is 11.3. The number of hydrogen-bond acceptors (Lipinski definition) is 5. The van der Waals surface area contributed by atoms with Gasteiger partial charge in [-0.2, -0.15) is 0 Å². The highest BCUT2D eigenvalue weighted by molar-refractivity contribution is 6.38. The van der Waals surface area contributed by atoms with Crippen molar-refractivity contribution >= 4 is 34.2 Å². The number of ether oxygens (including phenoxy) is 2. The number of carbonyl (C=O) groups is 3. The summed E-state index contributed by atoms with van der Waals surface area (Å²) >= 11 is 0. The van der Waals surface area contributed by atoms with Crippen molar-refractivity contribution in [1.29, 1.82) is 0 Å². The molecule has 7 heteroatoms. The van der Waals surface area contributed by atoms with Crippen LogP contribution in [0.25, 0.3) is 10.8 Å². The lowest BCUT2D eigenvalue weighted by atomic mass is 9.98. The highest BCUT2D eigenvalue weighted by Gasteiger charge is 2.43. The second kappa shape index (κ2) is 9.17. The Morgan fingerprint density at radius 1 is 0.882 bits per heavy atom. The predicted molar refractivity (Wildman–Crippen MR) is 129 cm³/mol. The number of aliphatic carboxylic acids is 1. The largest absolute Gasteiger partial charge is 0.492 e. The monoisotopic (exact) mass is 461 g/mol. The number of nitrogens with zero attached hydrogens (tertiary/aromatic N) is 1. The van der Waals surface area contributed by atoms with Crippen LogP contribution in [0, 0.1) is 5.92 Å². The van der Waals surface area contributed by atoms with E-state index in [9.17, 15) is 14.4 Å². The molecular formula is C27H27NO6. The van der Waals surface area contributed by atoms with Crippen molar-refractivity contribution in [3.05, 3.63) is 65.2 Å². The van der Waals surface area contributed by atoms with Crippen LogP contribution in [0.4, 0.5) is 5.69 Å². The van der Waals surface area contributed by atoms with Crippen LogP contribution < -0.4 is 14.4 Å². The molecular weight excluding hydrogens is 434 g/mol. The van der Waals surface area contributed by atoms with Gasteiger partial charge in [0.2, 0.25) is 0 Å². The summed E-state index contributed by atoms with van der Waals surface area (Å²) in [7, 11) is 0. The highest BCUT2D eigenvalue weighted by atomic mass is 16.5. The van der Waals surface area contributed by atoms with E-state index in [1.807, 2.05) is 52.0 Å². The summed E-state index contributed by atoms with van der Waals surface area (Å²) in [5, 5.41) is 10.4. The summed E-state index contributed by atoms with van der Waals surface area (Å²) in [4.78, 5) is 39.5. The maximum absolute atomic E-state index is 13.7. The van der Waals surface area contributed by atoms with Crippen molar-refractivity contribution < 1.29 is 29.0 Å². The zero-order chi connectivity index (χ0) is 24.6. The molecule has 3 aromatic rings. The van der Waals surface area contributed by atoms with E-state index in [1.54, 1.807) is 24.3 Å². The van der Waals surface area contributed by atoms with E-state index in [4.69, 9.17) is 14.6 Å². The molecule has 176 valence electrons. The van der Waals surface area contributed by atoms with Gasteiger partial charge in [-0.25, -0.2) is 4.90 Å². The molecule has 1 aliphatic heterocycles. The Morgan fingerprint density at radius 2 is 1.44 bits per heavy atom. The number of imide groups is 1. The Morgan fingerprint density at radius 3 is 1.97 bits per heavy atom. The lowest BCUT2D eigenvalue weighted by Gasteiger charge is -2.19. The summed E-state index contributed by atoms with van der Waals surface area (Å²) in [6.45, 7) is 8.13. The van der Waals surface area contributed by atoms with Gasteiger partial charge in [0, 0.05) is 10.8 Å². The van der Waals surface area contributed by atoms with Gasteiger partial charge in [-0.3, -0.25) is 14.4 Å². The van der Waals surface area contributed by atoms with Crippen LogP contribution in [0.15, 0.2) is 48.5 Å². The number of carboxylic acid groups (broad SMARTS) is 1. The molecule has 0 atom stereocenters. The van der Waals surface area contributed by atoms with E-state index >= 15 is 0 Å². The number of carboxylic acids is 1. The third-order valence-corrected chi connectivity index (χ3v) is 5.42. The maximum atomic E-state index is 13.7. The minimum Gasteiger partial charge on any atom is -0.492 e. The third kappa shape index (κ3) is 4.21. The Hall–Kier alpha value is -3.87. The smallest absolute Gasteiger partial charge is 0.307 e. The van der Waals surface area contributed by atoms with Crippen molar-refractivity contribution in [3.8, 4) is 11.5 Å². The second-order valence-electron chi connectivity index (χ2n) is 9.01. The number of benzene rings is 3. The Labute approximate surface area is 197 Å². The SMILES string of the molecule is CC(C)COc1c2c(c(OC(C)C)c3ccccc13)C(=O)N(c1ccc(CC(=O)O)cc1)C2=O. The van der Waals surface area contributed by atoms with Gasteiger partial charge in [-0.1, -0.05) is 50.2 Å². The molecule has 7 nitrogen and oxygen atoms in total. The molecule has 1 N–H and O–H groups in total. The fourth-order valence-corrected chi connectivity index (χ4v) is 4.03. The van der Waals surface area contributed by atoms with Gasteiger partial charge in [-0.05, 0) is 37.5 Å². The first-order chi connectivity index (χ1) is 16.2. The van der Waals surface area contributed by atoms with E-state index in [0.717, 1.165) is 4.90 Å². The summed E-state index contributed by atoms with van der Waals surface area (Å²) in [6, 6.07) is 13.8. The van der Waals surface area contributed by atoms with E-state index < -0.39 is 17.8 Å². The zero-order valence-electron chi connectivity index (χ0n) is 19.6. The number of fused-ring (bicyclic) bond motifs is 2. The van der Waals surface area contributed by atoms with Crippen LogP contribution in [0.2, 0.25) is 0 Å². The molecule has 2 amide bonds. The molecule has 0 spiro atoms. The topological polar surface area (TPSA) is 93.1 Å². The van der Waals surface area contributed by atoms with Gasteiger partial charge in [0.05, 0.1) is 35.9 Å². The van der Waals surface area contributed by atoms with Gasteiger partial charge < -0.3 is 14.6 Å². The number of anilines is 1. The normalized spacial score (nSPS) is 13.2. The lowest BCUT2D eigenvalue weighted by Crippen LogP contribution is -2.29. The minimum atomic E-state index is -0.956. The average molecular weight is 462 g/mol. The lowest BCUT2D eigenvalue weighted by molar-refractivity contribution is -0.136. The van der Waals surface area contributed by atoms with Crippen molar-refractivity contribution in [2.75, 3.05) is 11.5 Å². The van der Waals surface area contributed by atoms with Crippen LogP contribution in [-0.4, -0.2) is 35.6 Å². The molecule has 0 unspecified atom stereocenters. The number of carbonyl (C=O) groups excluding carboxylic acids is 2. The highest BCUT2D eigenvalue weighted by Crippen LogP contribution is 2.46. The molecule has 1 heterocycles. The number of hydrogen-bond donors (Lipinski definition) is 1. The number of rotatable bonds is 8. The zero-order valence-corrected chi connectivity index (χ0v) is 19.6. The van der Waals surface area contributed by atoms with Gasteiger partial charge in [0.15, 0.2) is 0 Å². The fraction of sp³-hybridized carbons (Fsp3) is 0.296. The fourth-order valence-electron chi connectivity index (χ4n) is 4.03. The van der Waals surface area contributed by atoms with Gasteiger partial charge >= 0.3 is 5.97 Å². The summed E-state index contributed by atoms with van der Waals surface area (Å²) in [6.07, 6.45) is -0.366. The molecule has 3 aromatic carbocycles. The summed E-state index contributed by atoms with van der Waals surface area (Å²) in [5.74, 6) is -1.00. The van der Waals surface area contributed by atoms with E-state index in [-0.39, 0.29) is 29.6 Å². The molecule has 4 rings (SSSR count). The van der Waals surface area contributed by atoms with Crippen molar-refractivity contribution in [2.24, 2.45) is 5.92 Å². The van der Waals surface area contributed by atoms with Crippen molar-refractivity contribution in [2.45, 2.75) is 40.2 Å². The van der Waals surface area contributed by atoms with Gasteiger partial charge in [0.1, 0.15) is 11.5 Å². The maximum Gasteiger partial charge on any atom is 0.307 e. The molecule has 34 heavy (non-hydrogen) atoms. The van der Waals surface area contributed by atoms with Gasteiger partial charge in [-0.15, -0.1) is 0 Å². The molecule has 0 aliphatic carbocycles. The van der Waals surface area contributed by atoms with Crippen LogP contribution in [0.5, 0.6) is 11.5 Å². The summed E-state index contributed by atoms with van der Waals surface area (Å²) in [5.41, 5.74) is 1.30. The first-order valence-corrected chi connectivity index (χ1v) is 11.3. The van der Waals surface area contributed by atoms with Crippen LogP contribution in [-0.2, 0) is 11.2 Å². The molecule has 0 saturated heterocycles. The molecule has 0 saturated carbocycles. The van der Waals surface area contributed by atoms with Gasteiger partial charge in [0.25, 0.3) is 11.8 Å². The quantitative estimate of drug-likeness (QED) is 0.470. The Balaban J connectivity index is 1.91. The van der Waals surface area contributed by atoms with Crippen LogP contribution >= 0.6 is 0 Å². The first kappa shape index (κ1) is 23.3. The molecule has 1 aliphatic rings. The molecule has 0 bridgehead atoms. The van der Waals surface area contributed by atoms with Crippen molar-refractivity contribution in [1.82, 2.24) is 0 Å². The second-order valence-corrected chi connectivity index (χ2v) is 9.01. The molecule has 0 fully saturated rings. The predicted octanol–water partition coefficient (Wildman–Crippen LogP) is 5.09. The van der Waals surface area contributed by atoms with E-state index in [1.165, 1.54) is 0 Å². The average Bonchev–Trinajstić information content (AvgIpc) is 3.03.